The fourth-order valence-electron chi connectivity index (χ4n) is 1.98. The van der Waals surface area contributed by atoms with Gasteiger partial charge >= 0.3 is 6.61 Å². The van der Waals surface area contributed by atoms with Crippen molar-refractivity contribution >= 4 is 22.9 Å². The zero-order valence-electron chi connectivity index (χ0n) is 11.9. The molecular formula is C15H10F3N3O2S. The van der Waals surface area contributed by atoms with Crippen LogP contribution in [-0.2, 0) is 0 Å². The number of nitrogens with one attached hydrogen (secondary N) is 2. The Morgan fingerprint density at radius 3 is 2.83 bits per heavy atom. The van der Waals surface area contributed by atoms with Crippen molar-refractivity contribution in [3.63, 3.8) is 0 Å². The van der Waals surface area contributed by atoms with Crippen molar-refractivity contribution in [2.45, 2.75) is 6.61 Å². The quantitative estimate of drug-likeness (QED) is 0.725. The van der Waals surface area contributed by atoms with Gasteiger partial charge in [-0.05, 0) is 29.6 Å². The zero-order valence-corrected chi connectivity index (χ0v) is 12.7. The molecule has 0 spiro atoms. The van der Waals surface area contributed by atoms with Gasteiger partial charge in [-0.15, -0.1) is 11.3 Å². The fourth-order valence-corrected chi connectivity index (χ4v) is 2.67. The van der Waals surface area contributed by atoms with Gasteiger partial charge in [-0.2, -0.15) is 13.9 Å². The lowest BCUT2D eigenvalue weighted by molar-refractivity contribution is -0.0495. The van der Waals surface area contributed by atoms with Gasteiger partial charge in [0.05, 0.1) is 16.3 Å². The summed E-state index contributed by atoms with van der Waals surface area (Å²) in [5.41, 5.74) is 0.631. The number of aromatic nitrogens is 2. The van der Waals surface area contributed by atoms with Crippen molar-refractivity contribution in [1.82, 2.24) is 10.2 Å². The highest BCUT2D eigenvalue weighted by atomic mass is 32.1. The molecule has 0 saturated heterocycles. The number of H-pyrrole nitrogens is 1. The van der Waals surface area contributed by atoms with E-state index in [0.29, 0.717) is 5.69 Å². The van der Waals surface area contributed by atoms with Crippen LogP contribution in [0.1, 0.15) is 10.5 Å². The van der Waals surface area contributed by atoms with Crippen LogP contribution in [0.2, 0.25) is 0 Å². The molecule has 9 heteroatoms. The molecular weight excluding hydrogens is 343 g/mol. The molecule has 0 unspecified atom stereocenters. The molecule has 2 heterocycles. The summed E-state index contributed by atoms with van der Waals surface area (Å²) >= 11 is 1.47. The number of alkyl halides is 2. The molecule has 5 nitrogen and oxygen atoms in total. The minimum Gasteiger partial charge on any atom is -0.432 e. The maximum atomic E-state index is 13.2. The summed E-state index contributed by atoms with van der Waals surface area (Å²) in [6.07, 6.45) is 0. The van der Waals surface area contributed by atoms with Crippen molar-refractivity contribution in [2.75, 3.05) is 5.32 Å². The van der Waals surface area contributed by atoms with Gasteiger partial charge in [0.15, 0.2) is 11.4 Å². The molecule has 1 aromatic carbocycles. The molecule has 24 heavy (non-hydrogen) atoms. The van der Waals surface area contributed by atoms with Crippen LogP contribution in [-0.4, -0.2) is 22.7 Å². The van der Waals surface area contributed by atoms with Gasteiger partial charge in [0.25, 0.3) is 5.91 Å². The number of hydrogen-bond donors (Lipinski definition) is 2. The van der Waals surface area contributed by atoms with E-state index in [4.69, 9.17) is 0 Å². The Morgan fingerprint density at radius 1 is 1.29 bits per heavy atom. The largest absolute Gasteiger partial charge is 0.432 e. The number of carbonyl (C=O) groups excluding carboxylic acids is 1. The maximum absolute atomic E-state index is 13.2. The van der Waals surface area contributed by atoms with E-state index in [2.05, 4.69) is 20.3 Å². The number of benzene rings is 1. The van der Waals surface area contributed by atoms with Gasteiger partial charge < -0.3 is 10.1 Å². The summed E-state index contributed by atoms with van der Waals surface area (Å²) in [4.78, 5) is 13.1. The number of aromatic amines is 1. The van der Waals surface area contributed by atoms with E-state index in [9.17, 15) is 18.0 Å². The van der Waals surface area contributed by atoms with Gasteiger partial charge in [-0.1, -0.05) is 6.07 Å². The van der Waals surface area contributed by atoms with Crippen LogP contribution >= 0.6 is 11.3 Å². The van der Waals surface area contributed by atoms with E-state index < -0.39 is 24.1 Å². The first-order chi connectivity index (χ1) is 11.5. The normalized spacial score (nSPS) is 10.8. The van der Waals surface area contributed by atoms with Gasteiger partial charge in [-0.3, -0.25) is 9.89 Å². The highest BCUT2D eigenvalue weighted by Crippen LogP contribution is 2.28. The predicted octanol–water partition coefficient (Wildman–Crippen LogP) is 4.13. The Balaban J connectivity index is 1.80. The third-order valence-electron chi connectivity index (χ3n) is 3.01. The Labute approximate surface area is 138 Å². The topological polar surface area (TPSA) is 67.0 Å². The summed E-state index contributed by atoms with van der Waals surface area (Å²) in [5.74, 6) is -1.87. The van der Waals surface area contributed by atoms with Crippen LogP contribution in [0, 0.1) is 5.82 Å². The van der Waals surface area contributed by atoms with Crippen molar-refractivity contribution < 1.29 is 22.7 Å². The van der Waals surface area contributed by atoms with E-state index >= 15 is 0 Å². The average molecular weight is 353 g/mol. The van der Waals surface area contributed by atoms with E-state index in [0.717, 1.165) is 23.1 Å². The van der Waals surface area contributed by atoms with E-state index in [1.54, 1.807) is 0 Å². The smallest absolute Gasteiger partial charge is 0.387 e. The summed E-state index contributed by atoms with van der Waals surface area (Å²) in [7, 11) is 0. The zero-order chi connectivity index (χ0) is 17.1. The Kier molecular flexibility index (Phi) is 4.52. The van der Waals surface area contributed by atoms with Crippen molar-refractivity contribution in [3.05, 3.63) is 53.3 Å². The van der Waals surface area contributed by atoms with Crippen LogP contribution in [0.4, 0.5) is 18.9 Å². The number of carbonyl (C=O) groups is 1. The minimum absolute atomic E-state index is 0.0609. The van der Waals surface area contributed by atoms with Crippen LogP contribution < -0.4 is 10.1 Å². The molecule has 0 atom stereocenters. The average Bonchev–Trinajstić information content (AvgIpc) is 3.19. The second-order valence-electron chi connectivity index (χ2n) is 4.62. The summed E-state index contributed by atoms with van der Waals surface area (Å²) in [6, 6.07) is 8.16. The molecule has 0 radical (unpaired) electrons. The third-order valence-corrected chi connectivity index (χ3v) is 3.91. The number of rotatable bonds is 5. The lowest BCUT2D eigenvalue weighted by Crippen LogP contribution is -2.14. The maximum Gasteiger partial charge on any atom is 0.387 e. The number of anilines is 1. The summed E-state index contributed by atoms with van der Waals surface area (Å²) in [6.45, 7) is -3.14. The van der Waals surface area contributed by atoms with Gasteiger partial charge in [0.1, 0.15) is 5.82 Å². The molecule has 3 aromatic rings. The number of halogens is 3. The minimum atomic E-state index is -3.14. The number of amides is 1. The molecule has 0 aliphatic rings. The highest BCUT2D eigenvalue weighted by molar-refractivity contribution is 7.13. The SMILES string of the molecule is O=C(Nc1ccc(F)cc1OC(F)F)c1cc(-c2cccs2)[nH]n1. The molecule has 0 aliphatic carbocycles. The second kappa shape index (κ2) is 6.75. The summed E-state index contributed by atoms with van der Waals surface area (Å²) in [5, 5.41) is 10.9. The molecule has 0 saturated carbocycles. The lowest BCUT2D eigenvalue weighted by atomic mass is 10.2. The van der Waals surface area contributed by atoms with Crippen molar-refractivity contribution in [3.8, 4) is 16.3 Å². The molecule has 2 N–H and O–H groups in total. The molecule has 0 fully saturated rings. The molecule has 0 bridgehead atoms. The first-order valence-corrected chi connectivity index (χ1v) is 7.56. The molecule has 1 amide bonds. The first-order valence-electron chi connectivity index (χ1n) is 6.68. The number of ether oxygens (including phenoxy) is 1. The number of nitrogens with zero attached hydrogens (tertiary/aromatic N) is 1. The first kappa shape index (κ1) is 16.1. The van der Waals surface area contributed by atoms with Crippen LogP contribution in [0.25, 0.3) is 10.6 Å². The van der Waals surface area contributed by atoms with Crippen LogP contribution in [0.15, 0.2) is 41.8 Å². The van der Waals surface area contributed by atoms with E-state index in [1.807, 2.05) is 17.5 Å². The Bertz CT molecular complexity index is 850. The third kappa shape index (κ3) is 3.57. The highest BCUT2D eigenvalue weighted by Gasteiger charge is 2.16. The molecule has 2 aromatic heterocycles. The second-order valence-corrected chi connectivity index (χ2v) is 5.56. The number of thiophene rings is 1. The van der Waals surface area contributed by atoms with Crippen LogP contribution in [0.5, 0.6) is 5.75 Å². The molecule has 124 valence electrons. The fraction of sp³-hybridized carbons (Fsp3) is 0.0667. The Hall–Kier alpha value is -2.81. The van der Waals surface area contributed by atoms with E-state index in [1.165, 1.54) is 17.4 Å². The lowest BCUT2D eigenvalue weighted by Gasteiger charge is -2.11. The Morgan fingerprint density at radius 2 is 2.12 bits per heavy atom. The monoisotopic (exact) mass is 353 g/mol. The molecule has 0 aliphatic heterocycles. The van der Waals surface area contributed by atoms with Crippen molar-refractivity contribution in [1.29, 1.82) is 0 Å². The standard InChI is InChI=1S/C15H10F3N3O2S/c16-8-3-4-9(12(6-8)23-15(17)18)19-14(22)11-7-10(20-21-11)13-2-1-5-24-13/h1-7,15H,(H,19,22)(H,20,21). The van der Waals surface area contributed by atoms with Gasteiger partial charge in [0.2, 0.25) is 0 Å². The summed E-state index contributed by atoms with van der Waals surface area (Å²) < 4.78 is 42.1. The van der Waals surface area contributed by atoms with Gasteiger partial charge in [-0.25, -0.2) is 4.39 Å². The van der Waals surface area contributed by atoms with Gasteiger partial charge in [0, 0.05) is 6.07 Å². The van der Waals surface area contributed by atoms with Crippen LogP contribution in [0.3, 0.4) is 0 Å². The molecule has 3 rings (SSSR count). The predicted molar refractivity (Wildman–Crippen MR) is 82.9 cm³/mol. The van der Waals surface area contributed by atoms with E-state index in [-0.39, 0.29) is 11.4 Å². The number of hydrogen-bond acceptors (Lipinski definition) is 4. The van der Waals surface area contributed by atoms with Crippen molar-refractivity contribution in [2.24, 2.45) is 0 Å².